The molecule has 26 heavy (non-hydrogen) atoms. The third kappa shape index (κ3) is 5.07. The van der Waals surface area contributed by atoms with E-state index >= 15 is 0 Å². The molecule has 0 aliphatic carbocycles. The van der Waals surface area contributed by atoms with E-state index in [1.807, 2.05) is 44.2 Å². The van der Waals surface area contributed by atoms with Crippen molar-refractivity contribution in [2.24, 2.45) is 0 Å². The molecule has 0 saturated carbocycles. The predicted molar refractivity (Wildman–Crippen MR) is 108 cm³/mol. The molecule has 0 radical (unpaired) electrons. The van der Waals surface area contributed by atoms with Crippen LogP contribution < -0.4 is 5.32 Å². The van der Waals surface area contributed by atoms with Gasteiger partial charge in [-0.2, -0.15) is 0 Å². The van der Waals surface area contributed by atoms with Crippen LogP contribution in [0.2, 0.25) is 5.02 Å². The van der Waals surface area contributed by atoms with Gasteiger partial charge in [0.15, 0.2) is 0 Å². The first-order chi connectivity index (χ1) is 12.5. The molecule has 1 saturated heterocycles. The number of benzene rings is 2. The number of rotatable bonds is 5. The number of aryl methyl sites for hydroxylation is 2. The summed E-state index contributed by atoms with van der Waals surface area (Å²) >= 11 is 6.25. The molecule has 0 bridgehead atoms. The first kappa shape index (κ1) is 18.9. The van der Waals surface area contributed by atoms with Crippen LogP contribution in [-0.2, 0) is 11.3 Å². The van der Waals surface area contributed by atoms with Gasteiger partial charge in [-0.1, -0.05) is 41.9 Å². The molecule has 138 valence electrons. The topological polar surface area (TPSA) is 35.6 Å². The number of halogens is 1. The number of hydrogen-bond acceptors (Lipinski definition) is 3. The molecule has 1 aliphatic rings. The maximum atomic E-state index is 12.4. The minimum absolute atomic E-state index is 0.0539. The van der Waals surface area contributed by atoms with E-state index in [-0.39, 0.29) is 5.91 Å². The summed E-state index contributed by atoms with van der Waals surface area (Å²) in [6.45, 7) is 9.03. The second-order valence-electron chi connectivity index (χ2n) is 7.01. The Labute approximate surface area is 160 Å². The summed E-state index contributed by atoms with van der Waals surface area (Å²) in [5, 5.41) is 3.87. The van der Waals surface area contributed by atoms with Gasteiger partial charge in [-0.15, -0.1) is 0 Å². The maximum absolute atomic E-state index is 12.4. The van der Waals surface area contributed by atoms with Crippen LogP contribution in [0, 0.1) is 13.8 Å². The molecule has 3 rings (SSSR count). The number of nitrogens with zero attached hydrogens (tertiary/aromatic N) is 2. The van der Waals surface area contributed by atoms with E-state index in [0.717, 1.165) is 60.1 Å². The van der Waals surface area contributed by atoms with Gasteiger partial charge in [-0.3, -0.25) is 14.6 Å². The standard InChI is InChI=1S/C21H26ClN3O/c1-16-7-8-17(2)20(13-16)23-21(26)15-25-11-9-24(10-12-25)14-18-5-3-4-6-19(18)22/h3-8,13H,9-12,14-15H2,1-2H3,(H,23,26). The fourth-order valence-electron chi connectivity index (χ4n) is 3.24. The Bertz CT molecular complexity index is 770. The lowest BCUT2D eigenvalue weighted by molar-refractivity contribution is -0.117. The summed E-state index contributed by atoms with van der Waals surface area (Å²) < 4.78 is 0. The number of nitrogens with one attached hydrogen (secondary N) is 1. The molecular formula is C21H26ClN3O. The first-order valence-corrected chi connectivity index (χ1v) is 9.44. The average molecular weight is 372 g/mol. The normalized spacial score (nSPS) is 15.8. The van der Waals surface area contributed by atoms with Crippen molar-refractivity contribution in [1.29, 1.82) is 0 Å². The molecule has 1 N–H and O–H groups in total. The lowest BCUT2D eigenvalue weighted by Gasteiger charge is -2.34. The zero-order valence-corrected chi connectivity index (χ0v) is 16.2. The molecule has 0 spiro atoms. The molecular weight excluding hydrogens is 346 g/mol. The van der Waals surface area contributed by atoms with Crippen molar-refractivity contribution in [2.45, 2.75) is 20.4 Å². The number of carbonyl (C=O) groups is 1. The van der Waals surface area contributed by atoms with Gasteiger partial charge >= 0.3 is 0 Å². The Morgan fingerprint density at radius 3 is 2.46 bits per heavy atom. The Balaban J connectivity index is 1.47. The maximum Gasteiger partial charge on any atom is 0.238 e. The quantitative estimate of drug-likeness (QED) is 0.870. The van der Waals surface area contributed by atoms with Gasteiger partial charge in [0.1, 0.15) is 0 Å². The summed E-state index contributed by atoms with van der Waals surface area (Å²) in [5.41, 5.74) is 4.32. The van der Waals surface area contributed by atoms with E-state index in [4.69, 9.17) is 11.6 Å². The Kier molecular flexibility index (Phi) is 6.30. The van der Waals surface area contributed by atoms with E-state index < -0.39 is 0 Å². The van der Waals surface area contributed by atoms with Crippen molar-refractivity contribution < 1.29 is 4.79 Å². The molecule has 0 unspecified atom stereocenters. The summed E-state index contributed by atoms with van der Waals surface area (Å²) in [5.74, 6) is 0.0539. The van der Waals surface area contributed by atoms with Crippen LogP contribution in [0.4, 0.5) is 5.69 Å². The van der Waals surface area contributed by atoms with Crippen molar-refractivity contribution in [3.63, 3.8) is 0 Å². The summed E-state index contributed by atoms with van der Waals surface area (Å²) in [6.07, 6.45) is 0. The highest BCUT2D eigenvalue weighted by atomic mass is 35.5. The molecule has 4 nitrogen and oxygen atoms in total. The van der Waals surface area contributed by atoms with Crippen LogP contribution in [0.25, 0.3) is 0 Å². The lowest BCUT2D eigenvalue weighted by atomic mass is 10.1. The Hall–Kier alpha value is -1.88. The van der Waals surface area contributed by atoms with Crippen LogP contribution in [0.15, 0.2) is 42.5 Å². The smallest absolute Gasteiger partial charge is 0.238 e. The van der Waals surface area contributed by atoms with Crippen molar-refractivity contribution >= 4 is 23.2 Å². The summed E-state index contributed by atoms with van der Waals surface area (Å²) in [4.78, 5) is 17.0. The third-order valence-corrected chi connectivity index (χ3v) is 5.22. The van der Waals surface area contributed by atoms with Gasteiger partial charge < -0.3 is 5.32 Å². The van der Waals surface area contributed by atoms with Gasteiger partial charge in [-0.25, -0.2) is 0 Å². The largest absolute Gasteiger partial charge is 0.325 e. The number of carbonyl (C=O) groups excluding carboxylic acids is 1. The Morgan fingerprint density at radius 2 is 1.73 bits per heavy atom. The molecule has 2 aromatic carbocycles. The summed E-state index contributed by atoms with van der Waals surface area (Å²) in [6, 6.07) is 14.1. The second kappa shape index (κ2) is 8.67. The molecule has 0 atom stereocenters. The van der Waals surface area contributed by atoms with Crippen molar-refractivity contribution in [1.82, 2.24) is 9.80 Å². The van der Waals surface area contributed by atoms with Crippen molar-refractivity contribution in [3.8, 4) is 0 Å². The highest BCUT2D eigenvalue weighted by Crippen LogP contribution is 2.18. The van der Waals surface area contributed by atoms with E-state index in [9.17, 15) is 4.79 Å². The van der Waals surface area contributed by atoms with Crippen LogP contribution >= 0.6 is 11.6 Å². The minimum Gasteiger partial charge on any atom is -0.325 e. The van der Waals surface area contributed by atoms with Crippen molar-refractivity contribution in [3.05, 3.63) is 64.2 Å². The lowest BCUT2D eigenvalue weighted by Crippen LogP contribution is -2.48. The van der Waals surface area contributed by atoms with Gasteiger partial charge in [0.2, 0.25) is 5.91 Å². The fourth-order valence-corrected chi connectivity index (χ4v) is 3.43. The predicted octanol–water partition coefficient (Wildman–Crippen LogP) is 3.71. The first-order valence-electron chi connectivity index (χ1n) is 9.06. The van der Waals surface area contributed by atoms with Crippen LogP contribution in [0.5, 0.6) is 0 Å². The molecule has 1 fully saturated rings. The number of amides is 1. The third-order valence-electron chi connectivity index (χ3n) is 4.85. The molecule has 1 heterocycles. The van der Waals surface area contributed by atoms with E-state index in [1.165, 1.54) is 0 Å². The monoisotopic (exact) mass is 371 g/mol. The van der Waals surface area contributed by atoms with E-state index in [2.05, 4.69) is 27.2 Å². The zero-order valence-electron chi connectivity index (χ0n) is 15.5. The van der Waals surface area contributed by atoms with E-state index in [0.29, 0.717) is 6.54 Å². The summed E-state index contributed by atoms with van der Waals surface area (Å²) in [7, 11) is 0. The molecule has 1 aliphatic heterocycles. The van der Waals surface area contributed by atoms with Gasteiger partial charge in [0, 0.05) is 43.4 Å². The van der Waals surface area contributed by atoms with Crippen molar-refractivity contribution in [2.75, 3.05) is 38.0 Å². The molecule has 1 amide bonds. The molecule has 0 aromatic heterocycles. The fraction of sp³-hybridized carbons (Fsp3) is 0.381. The van der Waals surface area contributed by atoms with Crippen LogP contribution in [0.3, 0.4) is 0 Å². The highest BCUT2D eigenvalue weighted by molar-refractivity contribution is 6.31. The van der Waals surface area contributed by atoms with Crippen LogP contribution in [-0.4, -0.2) is 48.4 Å². The number of hydrogen-bond donors (Lipinski definition) is 1. The molecule has 5 heteroatoms. The number of piperazine rings is 1. The van der Waals surface area contributed by atoms with Gasteiger partial charge in [-0.05, 0) is 42.7 Å². The Morgan fingerprint density at radius 1 is 1.04 bits per heavy atom. The number of anilines is 1. The second-order valence-corrected chi connectivity index (χ2v) is 7.42. The minimum atomic E-state index is 0.0539. The SMILES string of the molecule is Cc1ccc(C)c(NC(=O)CN2CCN(Cc3ccccc3Cl)CC2)c1. The highest BCUT2D eigenvalue weighted by Gasteiger charge is 2.19. The average Bonchev–Trinajstić information content (AvgIpc) is 2.62. The zero-order chi connectivity index (χ0) is 18.5. The van der Waals surface area contributed by atoms with Gasteiger partial charge in [0.25, 0.3) is 0 Å². The van der Waals surface area contributed by atoms with E-state index in [1.54, 1.807) is 0 Å². The van der Waals surface area contributed by atoms with Gasteiger partial charge in [0.05, 0.1) is 6.54 Å². The molecule has 2 aromatic rings. The van der Waals surface area contributed by atoms with Crippen LogP contribution in [0.1, 0.15) is 16.7 Å².